The number of nitrogens with zero attached hydrogens (tertiary/aromatic N) is 4. The number of alkyl halides is 1. The molecule has 2 unspecified atom stereocenters. The summed E-state index contributed by atoms with van der Waals surface area (Å²) in [5.74, 6) is -0.264. The third-order valence-corrected chi connectivity index (χ3v) is 3.81. The van der Waals surface area contributed by atoms with E-state index in [0.29, 0.717) is 18.9 Å². The summed E-state index contributed by atoms with van der Waals surface area (Å²) in [7, 11) is 0. The molecule has 1 aliphatic heterocycles. The minimum atomic E-state index is -1.02. The second kappa shape index (κ2) is 6.85. The average Bonchev–Trinajstić information content (AvgIpc) is 3.03. The van der Waals surface area contributed by atoms with Gasteiger partial charge in [0.15, 0.2) is 5.69 Å². The molecule has 1 aromatic heterocycles. The van der Waals surface area contributed by atoms with Crippen LogP contribution in [-0.2, 0) is 11.3 Å². The van der Waals surface area contributed by atoms with Crippen LogP contribution in [0.4, 0.5) is 4.39 Å². The van der Waals surface area contributed by atoms with Gasteiger partial charge in [-0.15, -0.1) is 5.10 Å². The summed E-state index contributed by atoms with van der Waals surface area (Å²) in [6, 6.07) is -0.267. The van der Waals surface area contributed by atoms with E-state index in [2.05, 4.69) is 10.3 Å². The van der Waals surface area contributed by atoms with Crippen LogP contribution in [0.3, 0.4) is 0 Å². The molecule has 0 saturated carbocycles. The first-order valence-electron chi connectivity index (χ1n) is 7.50. The standard InChI is InChI=1S/C14H22FN5O2/c1-9(2)3-4-13(21)20-6-10(15)5-11(20)7-19-8-12(14(16)22)17-18-19/h8-11H,3-7H2,1-2H3,(H2,16,22). The second-order valence-corrected chi connectivity index (χ2v) is 6.16. The van der Waals surface area contributed by atoms with Gasteiger partial charge in [-0.1, -0.05) is 19.1 Å². The number of carbonyl (C=O) groups excluding carboxylic acids is 2. The van der Waals surface area contributed by atoms with Crippen LogP contribution in [0.1, 0.15) is 43.6 Å². The van der Waals surface area contributed by atoms with Gasteiger partial charge in [-0.2, -0.15) is 0 Å². The molecule has 2 amide bonds. The number of aromatic nitrogens is 3. The molecule has 7 nitrogen and oxygen atoms in total. The monoisotopic (exact) mass is 311 g/mol. The summed E-state index contributed by atoms with van der Waals surface area (Å²) in [5, 5.41) is 7.45. The average molecular weight is 311 g/mol. The molecule has 2 heterocycles. The number of hydrogen-bond acceptors (Lipinski definition) is 4. The number of primary amides is 1. The molecule has 2 rings (SSSR count). The lowest BCUT2D eigenvalue weighted by Crippen LogP contribution is -2.38. The number of nitrogens with two attached hydrogens (primary N) is 1. The molecule has 2 N–H and O–H groups in total. The Morgan fingerprint density at radius 3 is 2.82 bits per heavy atom. The van der Waals surface area contributed by atoms with Crippen molar-refractivity contribution in [2.24, 2.45) is 11.7 Å². The molecule has 0 aromatic carbocycles. The van der Waals surface area contributed by atoms with E-state index in [-0.39, 0.29) is 30.6 Å². The zero-order chi connectivity index (χ0) is 16.3. The fraction of sp³-hybridized carbons (Fsp3) is 0.714. The predicted octanol–water partition coefficient (Wildman–Crippen LogP) is 0.752. The van der Waals surface area contributed by atoms with E-state index >= 15 is 0 Å². The van der Waals surface area contributed by atoms with Gasteiger partial charge in [0.2, 0.25) is 5.91 Å². The fourth-order valence-corrected chi connectivity index (χ4v) is 2.61. The number of halogens is 1. The molecule has 0 bridgehead atoms. The Kier molecular flexibility index (Phi) is 5.10. The number of hydrogen-bond donors (Lipinski definition) is 1. The predicted molar refractivity (Wildman–Crippen MR) is 77.6 cm³/mol. The lowest BCUT2D eigenvalue weighted by atomic mass is 10.1. The summed E-state index contributed by atoms with van der Waals surface area (Å²) < 4.78 is 15.1. The van der Waals surface area contributed by atoms with E-state index in [1.54, 1.807) is 4.90 Å². The van der Waals surface area contributed by atoms with Crippen molar-refractivity contribution in [2.75, 3.05) is 6.54 Å². The molecule has 1 fully saturated rings. The van der Waals surface area contributed by atoms with Crippen LogP contribution in [0.5, 0.6) is 0 Å². The Labute approximate surface area is 128 Å². The van der Waals surface area contributed by atoms with Crippen molar-refractivity contribution in [2.45, 2.75) is 51.9 Å². The quantitative estimate of drug-likeness (QED) is 0.839. The maximum atomic E-state index is 13.7. The second-order valence-electron chi connectivity index (χ2n) is 6.16. The third-order valence-electron chi connectivity index (χ3n) is 3.81. The molecular weight excluding hydrogens is 289 g/mol. The van der Waals surface area contributed by atoms with Crippen LogP contribution in [0, 0.1) is 5.92 Å². The van der Waals surface area contributed by atoms with Gasteiger partial charge in [0.25, 0.3) is 5.91 Å². The minimum Gasteiger partial charge on any atom is -0.364 e. The lowest BCUT2D eigenvalue weighted by Gasteiger charge is -2.24. The summed E-state index contributed by atoms with van der Waals surface area (Å²) in [5.41, 5.74) is 5.18. The summed E-state index contributed by atoms with van der Waals surface area (Å²) in [4.78, 5) is 24.8. The van der Waals surface area contributed by atoms with Crippen LogP contribution in [0.2, 0.25) is 0 Å². The summed E-state index contributed by atoms with van der Waals surface area (Å²) in [6.45, 7) is 4.54. The first-order chi connectivity index (χ1) is 10.4. The van der Waals surface area contributed by atoms with Crippen LogP contribution >= 0.6 is 0 Å². The molecule has 1 saturated heterocycles. The van der Waals surface area contributed by atoms with Crippen molar-refractivity contribution >= 4 is 11.8 Å². The Morgan fingerprint density at radius 2 is 2.23 bits per heavy atom. The maximum Gasteiger partial charge on any atom is 0.270 e. The van der Waals surface area contributed by atoms with E-state index in [0.717, 1.165) is 6.42 Å². The van der Waals surface area contributed by atoms with Crippen LogP contribution < -0.4 is 5.73 Å². The van der Waals surface area contributed by atoms with Crippen molar-refractivity contribution in [1.82, 2.24) is 19.9 Å². The van der Waals surface area contributed by atoms with Crippen molar-refractivity contribution in [3.05, 3.63) is 11.9 Å². The molecule has 22 heavy (non-hydrogen) atoms. The molecular formula is C14H22FN5O2. The lowest BCUT2D eigenvalue weighted by molar-refractivity contribution is -0.132. The Bertz CT molecular complexity index is 545. The SMILES string of the molecule is CC(C)CCC(=O)N1CC(F)CC1Cn1cc(C(N)=O)nn1. The number of carbonyl (C=O) groups is 2. The van der Waals surface area contributed by atoms with Gasteiger partial charge >= 0.3 is 0 Å². The van der Waals surface area contributed by atoms with E-state index in [4.69, 9.17) is 5.73 Å². The molecule has 2 atom stereocenters. The largest absolute Gasteiger partial charge is 0.364 e. The molecule has 1 aromatic rings. The van der Waals surface area contributed by atoms with Gasteiger partial charge in [0.05, 0.1) is 25.3 Å². The number of rotatable bonds is 6. The van der Waals surface area contributed by atoms with E-state index in [1.165, 1.54) is 10.9 Å². The van der Waals surface area contributed by atoms with Crippen LogP contribution in [-0.4, -0.2) is 50.5 Å². The van der Waals surface area contributed by atoms with Crippen molar-refractivity contribution in [3.63, 3.8) is 0 Å². The molecule has 0 aliphatic carbocycles. The van der Waals surface area contributed by atoms with Gasteiger partial charge in [0.1, 0.15) is 6.17 Å². The number of likely N-dealkylation sites (tertiary alicyclic amines) is 1. The summed E-state index contributed by atoms with van der Waals surface area (Å²) in [6.07, 6.45) is 1.88. The Morgan fingerprint density at radius 1 is 1.50 bits per heavy atom. The smallest absolute Gasteiger partial charge is 0.270 e. The Hall–Kier alpha value is -1.99. The van der Waals surface area contributed by atoms with Gasteiger partial charge in [-0.05, 0) is 12.3 Å². The van der Waals surface area contributed by atoms with Crippen molar-refractivity contribution in [1.29, 1.82) is 0 Å². The topological polar surface area (TPSA) is 94.1 Å². The fourth-order valence-electron chi connectivity index (χ4n) is 2.61. The van der Waals surface area contributed by atoms with Gasteiger partial charge in [-0.3, -0.25) is 9.59 Å². The van der Waals surface area contributed by atoms with Crippen LogP contribution in [0.15, 0.2) is 6.20 Å². The van der Waals surface area contributed by atoms with Crippen LogP contribution in [0.25, 0.3) is 0 Å². The van der Waals surface area contributed by atoms with Crippen molar-refractivity contribution < 1.29 is 14.0 Å². The van der Waals surface area contributed by atoms with E-state index < -0.39 is 12.1 Å². The highest BCUT2D eigenvalue weighted by Crippen LogP contribution is 2.23. The highest BCUT2D eigenvalue weighted by molar-refractivity contribution is 5.90. The number of amides is 2. The molecule has 0 radical (unpaired) electrons. The molecule has 8 heteroatoms. The molecule has 1 aliphatic rings. The van der Waals surface area contributed by atoms with E-state index in [9.17, 15) is 14.0 Å². The van der Waals surface area contributed by atoms with E-state index in [1.807, 2.05) is 13.8 Å². The third kappa shape index (κ3) is 4.02. The molecule has 0 spiro atoms. The van der Waals surface area contributed by atoms with Gasteiger partial charge in [0, 0.05) is 12.8 Å². The normalized spacial score (nSPS) is 21.5. The highest BCUT2D eigenvalue weighted by atomic mass is 19.1. The molecule has 122 valence electrons. The zero-order valence-electron chi connectivity index (χ0n) is 12.9. The van der Waals surface area contributed by atoms with Gasteiger partial charge in [-0.25, -0.2) is 9.07 Å². The zero-order valence-corrected chi connectivity index (χ0v) is 12.9. The highest BCUT2D eigenvalue weighted by Gasteiger charge is 2.35. The summed E-state index contributed by atoms with van der Waals surface area (Å²) >= 11 is 0. The van der Waals surface area contributed by atoms with Gasteiger partial charge < -0.3 is 10.6 Å². The Balaban J connectivity index is 2.00. The maximum absolute atomic E-state index is 13.7. The first-order valence-corrected chi connectivity index (χ1v) is 7.50. The first kappa shape index (κ1) is 16.4. The van der Waals surface area contributed by atoms with Crippen molar-refractivity contribution in [3.8, 4) is 0 Å². The minimum absolute atomic E-state index is 0.0332.